The Morgan fingerprint density at radius 2 is 1.68 bits per heavy atom. The van der Waals surface area contributed by atoms with Crippen molar-refractivity contribution in [3.63, 3.8) is 0 Å². The molecule has 0 bridgehead atoms. The maximum atomic E-state index is 10.4. The molecule has 0 spiro atoms. The largest absolute Gasteiger partial charge is 0.507 e. The van der Waals surface area contributed by atoms with Crippen LogP contribution in [0.15, 0.2) is 76.6 Å². The van der Waals surface area contributed by atoms with Crippen LogP contribution in [0.4, 0.5) is 5.69 Å². The molecular formula is C23H21NO3S. The van der Waals surface area contributed by atoms with Crippen molar-refractivity contribution in [2.24, 2.45) is 4.99 Å². The number of fused-ring (bicyclic) bond motifs is 1. The number of thioether (sulfide) groups is 1. The van der Waals surface area contributed by atoms with Crippen LogP contribution in [0.3, 0.4) is 0 Å². The fraction of sp³-hybridized carbons (Fsp3) is 0.174. The van der Waals surface area contributed by atoms with Gasteiger partial charge in [-0.25, -0.2) is 0 Å². The van der Waals surface area contributed by atoms with Crippen LogP contribution in [0.1, 0.15) is 22.8 Å². The first-order valence-electron chi connectivity index (χ1n) is 9.03. The summed E-state index contributed by atoms with van der Waals surface area (Å²) in [5, 5.41) is 10.5. The van der Waals surface area contributed by atoms with Gasteiger partial charge in [-0.05, 0) is 42.0 Å². The van der Waals surface area contributed by atoms with E-state index in [9.17, 15) is 5.11 Å². The number of rotatable bonds is 4. The molecule has 0 fully saturated rings. The van der Waals surface area contributed by atoms with Crippen LogP contribution < -0.4 is 9.47 Å². The zero-order chi connectivity index (χ0) is 19.5. The molecule has 0 aliphatic carbocycles. The summed E-state index contributed by atoms with van der Waals surface area (Å²) in [6.07, 6.45) is 0.687. The Kier molecular flexibility index (Phi) is 5.26. The summed E-state index contributed by atoms with van der Waals surface area (Å²) in [6.45, 7) is 0. The van der Waals surface area contributed by atoms with Gasteiger partial charge in [0, 0.05) is 22.1 Å². The van der Waals surface area contributed by atoms with Gasteiger partial charge < -0.3 is 14.6 Å². The third kappa shape index (κ3) is 3.58. The van der Waals surface area contributed by atoms with E-state index in [4.69, 9.17) is 14.5 Å². The minimum absolute atomic E-state index is 0.127. The lowest BCUT2D eigenvalue weighted by Gasteiger charge is -2.18. The lowest BCUT2D eigenvalue weighted by molar-refractivity contribution is 0.354. The van der Waals surface area contributed by atoms with Gasteiger partial charge in [0.1, 0.15) is 5.75 Å². The average molecular weight is 391 g/mol. The molecule has 0 aromatic heterocycles. The van der Waals surface area contributed by atoms with Crippen molar-refractivity contribution in [2.75, 3.05) is 14.2 Å². The molecule has 28 heavy (non-hydrogen) atoms. The summed E-state index contributed by atoms with van der Waals surface area (Å²) >= 11 is 1.78. The number of hydrogen-bond acceptors (Lipinski definition) is 5. The first-order valence-corrected chi connectivity index (χ1v) is 9.91. The summed E-state index contributed by atoms with van der Waals surface area (Å²) in [6, 6.07) is 21.5. The highest BCUT2D eigenvalue weighted by molar-refractivity contribution is 7.99. The Hall–Kier alpha value is -2.92. The van der Waals surface area contributed by atoms with Crippen molar-refractivity contribution in [1.29, 1.82) is 0 Å². The van der Waals surface area contributed by atoms with Crippen molar-refractivity contribution in [2.45, 2.75) is 16.6 Å². The molecule has 0 radical (unpaired) electrons. The molecule has 1 aliphatic heterocycles. The molecule has 4 rings (SSSR count). The summed E-state index contributed by atoms with van der Waals surface area (Å²) < 4.78 is 10.9. The number of para-hydroxylation sites is 2. The number of methoxy groups -OCH3 is 2. The van der Waals surface area contributed by atoms with E-state index >= 15 is 0 Å². The number of aliphatic imine (C=N–C) groups is 1. The number of nitrogens with zero attached hydrogens (tertiary/aromatic N) is 1. The molecule has 0 saturated carbocycles. The Bertz CT molecular complexity index is 1030. The van der Waals surface area contributed by atoms with Crippen LogP contribution in [-0.4, -0.2) is 25.0 Å². The zero-order valence-electron chi connectivity index (χ0n) is 15.8. The van der Waals surface area contributed by atoms with Gasteiger partial charge in [0.05, 0.1) is 25.6 Å². The summed E-state index contributed by atoms with van der Waals surface area (Å²) in [7, 11) is 3.28. The Morgan fingerprint density at radius 1 is 0.929 bits per heavy atom. The van der Waals surface area contributed by atoms with Crippen LogP contribution in [0, 0.1) is 0 Å². The first-order chi connectivity index (χ1) is 13.7. The maximum Gasteiger partial charge on any atom is 0.161 e. The second-order valence-corrected chi connectivity index (χ2v) is 7.71. The van der Waals surface area contributed by atoms with Crippen LogP contribution in [0.25, 0.3) is 0 Å². The predicted molar refractivity (Wildman–Crippen MR) is 114 cm³/mol. The van der Waals surface area contributed by atoms with E-state index in [0.717, 1.165) is 27.4 Å². The molecule has 5 heteroatoms. The van der Waals surface area contributed by atoms with Crippen molar-refractivity contribution in [3.8, 4) is 17.2 Å². The van der Waals surface area contributed by atoms with E-state index in [1.807, 2.05) is 48.5 Å². The van der Waals surface area contributed by atoms with E-state index in [2.05, 4.69) is 12.1 Å². The molecule has 4 nitrogen and oxygen atoms in total. The smallest absolute Gasteiger partial charge is 0.161 e. The van der Waals surface area contributed by atoms with E-state index in [1.54, 1.807) is 32.0 Å². The standard InChI is InChI=1S/C23H21NO3S/c1-26-20-12-11-15(13-21(20)27-2)23-14-18(16-7-3-5-9-19(16)25)24-17-8-4-6-10-22(17)28-23/h3-13,23,25H,14H2,1-2H3/t23-/m0/s1. The molecule has 0 saturated heterocycles. The number of phenolic OH excluding ortho intramolecular Hbond substituents is 1. The Morgan fingerprint density at radius 3 is 2.46 bits per heavy atom. The van der Waals surface area contributed by atoms with Gasteiger partial charge in [-0.1, -0.05) is 30.3 Å². The van der Waals surface area contributed by atoms with E-state index in [1.165, 1.54) is 0 Å². The fourth-order valence-corrected chi connectivity index (χ4v) is 4.56. The molecular weight excluding hydrogens is 370 g/mol. The molecule has 1 N–H and O–H groups in total. The molecule has 1 atom stereocenters. The number of aromatic hydroxyl groups is 1. The highest BCUT2D eigenvalue weighted by Gasteiger charge is 2.24. The summed E-state index contributed by atoms with van der Waals surface area (Å²) in [4.78, 5) is 6.02. The number of hydrogen-bond donors (Lipinski definition) is 1. The SMILES string of the molecule is COc1ccc([C@@H]2CC(c3ccccc3O)=Nc3ccccc3S2)cc1OC. The van der Waals surface area contributed by atoms with E-state index in [0.29, 0.717) is 17.9 Å². The highest BCUT2D eigenvalue weighted by atomic mass is 32.2. The molecule has 1 heterocycles. The van der Waals surface area contributed by atoms with Crippen LogP contribution in [0.2, 0.25) is 0 Å². The molecule has 1 aliphatic rings. The average Bonchev–Trinajstić information content (AvgIpc) is 2.93. The number of benzene rings is 3. The lowest BCUT2D eigenvalue weighted by Crippen LogP contribution is -2.06. The quantitative estimate of drug-likeness (QED) is 0.614. The van der Waals surface area contributed by atoms with Crippen LogP contribution in [-0.2, 0) is 0 Å². The topological polar surface area (TPSA) is 51.0 Å². The van der Waals surface area contributed by atoms with Crippen LogP contribution in [0.5, 0.6) is 17.2 Å². The van der Waals surface area contributed by atoms with E-state index < -0.39 is 0 Å². The summed E-state index contributed by atoms with van der Waals surface area (Å²) in [5.41, 5.74) is 3.69. The molecule has 0 unspecified atom stereocenters. The van der Waals surface area contributed by atoms with Gasteiger partial charge in [-0.2, -0.15) is 0 Å². The van der Waals surface area contributed by atoms with Gasteiger partial charge >= 0.3 is 0 Å². The molecule has 3 aromatic rings. The second kappa shape index (κ2) is 7.98. The van der Waals surface area contributed by atoms with Crippen molar-refractivity contribution in [3.05, 3.63) is 77.9 Å². The third-order valence-corrected chi connectivity index (χ3v) is 6.09. The summed E-state index contributed by atoms with van der Waals surface area (Å²) in [5.74, 6) is 1.66. The molecule has 142 valence electrons. The van der Waals surface area contributed by atoms with Crippen molar-refractivity contribution < 1.29 is 14.6 Å². The highest BCUT2D eigenvalue weighted by Crippen LogP contribution is 2.47. The van der Waals surface area contributed by atoms with Crippen molar-refractivity contribution >= 4 is 23.2 Å². The Labute approximate surface area is 168 Å². The monoisotopic (exact) mass is 391 g/mol. The number of ether oxygens (including phenoxy) is 2. The van der Waals surface area contributed by atoms with Gasteiger partial charge in [0.25, 0.3) is 0 Å². The lowest BCUT2D eigenvalue weighted by atomic mass is 10.00. The second-order valence-electron chi connectivity index (χ2n) is 6.47. The minimum Gasteiger partial charge on any atom is -0.507 e. The van der Waals surface area contributed by atoms with Crippen molar-refractivity contribution in [1.82, 2.24) is 0 Å². The first kappa shape index (κ1) is 18.4. The van der Waals surface area contributed by atoms with Gasteiger partial charge in [0.15, 0.2) is 11.5 Å². The molecule has 3 aromatic carbocycles. The van der Waals surface area contributed by atoms with Gasteiger partial charge in [-0.3, -0.25) is 4.99 Å². The fourth-order valence-electron chi connectivity index (χ4n) is 3.34. The predicted octanol–water partition coefficient (Wildman–Crippen LogP) is 5.77. The minimum atomic E-state index is 0.127. The Balaban J connectivity index is 1.80. The van der Waals surface area contributed by atoms with Gasteiger partial charge in [0.2, 0.25) is 0 Å². The normalized spacial score (nSPS) is 15.9. The third-order valence-electron chi connectivity index (χ3n) is 4.76. The maximum absolute atomic E-state index is 10.4. The van der Waals surface area contributed by atoms with E-state index in [-0.39, 0.29) is 11.0 Å². The number of phenols is 1. The molecule has 0 amide bonds. The van der Waals surface area contributed by atoms with Crippen LogP contribution >= 0.6 is 11.8 Å². The zero-order valence-corrected chi connectivity index (χ0v) is 16.6. The van der Waals surface area contributed by atoms with Gasteiger partial charge in [-0.15, -0.1) is 11.8 Å².